The largest absolute Gasteiger partial charge is 0.508 e. The molecule has 0 saturated heterocycles. The normalized spacial score (nSPS) is 14.1. The smallest absolute Gasteiger partial charge is 0.149 e. The lowest BCUT2D eigenvalue weighted by Crippen LogP contribution is -1.97. The number of phenolic OH excluding ortho intramolecular Hbond substituents is 1. The van der Waals surface area contributed by atoms with Crippen LogP contribution in [-0.4, -0.2) is 10.1 Å². The van der Waals surface area contributed by atoms with Crippen LogP contribution in [-0.2, 0) is 6.42 Å². The first kappa shape index (κ1) is 10.8. The van der Waals surface area contributed by atoms with E-state index in [9.17, 15) is 5.11 Å². The van der Waals surface area contributed by atoms with Gasteiger partial charge in [0, 0.05) is 6.20 Å². The Hall–Kier alpha value is -2.29. The minimum atomic E-state index is 0.277. The maximum atomic E-state index is 9.48. The number of allylic oxidation sites excluding steroid dienone is 1. The van der Waals surface area contributed by atoms with E-state index >= 15 is 0 Å². The number of hydrogen-bond donors (Lipinski definition) is 1. The van der Waals surface area contributed by atoms with Crippen molar-refractivity contribution in [2.45, 2.75) is 12.8 Å². The molecule has 0 unspecified atom stereocenters. The lowest BCUT2D eigenvalue weighted by Gasteiger charge is -2.10. The molecule has 0 bridgehead atoms. The van der Waals surface area contributed by atoms with Crippen molar-refractivity contribution >= 4 is 5.76 Å². The summed E-state index contributed by atoms with van der Waals surface area (Å²) >= 11 is 0. The highest BCUT2D eigenvalue weighted by Gasteiger charge is 2.13. The first-order chi connectivity index (χ1) is 8.83. The van der Waals surface area contributed by atoms with Gasteiger partial charge in [0.05, 0.1) is 0 Å². The van der Waals surface area contributed by atoms with Gasteiger partial charge in [0.25, 0.3) is 0 Å². The van der Waals surface area contributed by atoms with Crippen molar-refractivity contribution in [3.63, 3.8) is 0 Å². The SMILES string of the molecule is Oc1ccc2c(c1)CCC=C(c1ccccn1)O2. The van der Waals surface area contributed by atoms with Crippen molar-refractivity contribution in [2.75, 3.05) is 0 Å². The number of rotatable bonds is 1. The van der Waals surface area contributed by atoms with Gasteiger partial charge in [-0.1, -0.05) is 6.07 Å². The van der Waals surface area contributed by atoms with Crippen molar-refractivity contribution in [2.24, 2.45) is 0 Å². The number of nitrogens with zero attached hydrogens (tertiary/aromatic N) is 1. The molecule has 0 amide bonds. The van der Waals surface area contributed by atoms with Crippen molar-refractivity contribution in [3.05, 3.63) is 59.9 Å². The molecule has 0 saturated carbocycles. The number of phenols is 1. The summed E-state index contributed by atoms with van der Waals surface area (Å²) in [6.45, 7) is 0. The maximum Gasteiger partial charge on any atom is 0.149 e. The molecule has 1 aliphatic rings. The summed E-state index contributed by atoms with van der Waals surface area (Å²) in [4.78, 5) is 4.29. The number of hydrogen-bond acceptors (Lipinski definition) is 3. The summed E-state index contributed by atoms with van der Waals surface area (Å²) in [7, 11) is 0. The highest BCUT2D eigenvalue weighted by Crippen LogP contribution is 2.31. The molecule has 1 aromatic carbocycles. The molecule has 0 atom stereocenters. The molecule has 0 fully saturated rings. The summed E-state index contributed by atoms with van der Waals surface area (Å²) < 4.78 is 5.89. The Morgan fingerprint density at radius 2 is 2.11 bits per heavy atom. The van der Waals surface area contributed by atoms with Gasteiger partial charge in [-0.3, -0.25) is 4.98 Å². The molecule has 2 aromatic rings. The van der Waals surface area contributed by atoms with E-state index in [1.54, 1.807) is 24.4 Å². The third kappa shape index (κ3) is 2.07. The molecule has 3 nitrogen and oxygen atoms in total. The van der Waals surface area contributed by atoms with E-state index in [-0.39, 0.29) is 5.75 Å². The lowest BCUT2D eigenvalue weighted by molar-refractivity contribution is 0.469. The molecule has 1 aromatic heterocycles. The van der Waals surface area contributed by atoms with Crippen LogP contribution in [0.2, 0.25) is 0 Å². The molecule has 0 radical (unpaired) electrons. The second kappa shape index (κ2) is 4.53. The minimum Gasteiger partial charge on any atom is -0.508 e. The Bertz CT molecular complexity index is 591. The Kier molecular flexibility index (Phi) is 2.73. The number of aryl methyl sites for hydroxylation is 1. The molecule has 0 spiro atoms. The molecule has 1 aliphatic heterocycles. The van der Waals surface area contributed by atoms with Gasteiger partial charge in [0.1, 0.15) is 23.0 Å². The van der Waals surface area contributed by atoms with Gasteiger partial charge < -0.3 is 9.84 Å². The predicted octanol–water partition coefficient (Wildman–Crippen LogP) is 3.15. The van der Waals surface area contributed by atoms with Crippen LogP contribution in [0.5, 0.6) is 11.5 Å². The lowest BCUT2D eigenvalue weighted by atomic mass is 10.1. The Morgan fingerprint density at radius 1 is 1.17 bits per heavy atom. The van der Waals surface area contributed by atoms with Crippen LogP contribution in [0.3, 0.4) is 0 Å². The van der Waals surface area contributed by atoms with Crippen molar-refractivity contribution in [1.29, 1.82) is 0 Å². The van der Waals surface area contributed by atoms with Gasteiger partial charge in [0.15, 0.2) is 0 Å². The van der Waals surface area contributed by atoms with Gasteiger partial charge in [-0.05, 0) is 54.8 Å². The molecule has 90 valence electrons. The van der Waals surface area contributed by atoms with Crippen LogP contribution >= 0.6 is 0 Å². The van der Waals surface area contributed by atoms with E-state index in [2.05, 4.69) is 4.98 Å². The van der Waals surface area contributed by atoms with Gasteiger partial charge in [0.2, 0.25) is 0 Å². The van der Waals surface area contributed by atoms with Crippen LogP contribution < -0.4 is 4.74 Å². The average Bonchev–Trinajstić information content (AvgIpc) is 2.61. The number of fused-ring (bicyclic) bond motifs is 1. The molecule has 1 N–H and O–H groups in total. The van der Waals surface area contributed by atoms with Crippen LogP contribution in [0.15, 0.2) is 48.7 Å². The Labute approximate surface area is 105 Å². The van der Waals surface area contributed by atoms with E-state index in [0.717, 1.165) is 35.6 Å². The Balaban J connectivity index is 1.96. The fourth-order valence-corrected chi connectivity index (χ4v) is 2.05. The average molecular weight is 239 g/mol. The third-order valence-electron chi connectivity index (χ3n) is 2.92. The van der Waals surface area contributed by atoms with Crippen LogP contribution in [0, 0.1) is 0 Å². The third-order valence-corrected chi connectivity index (χ3v) is 2.92. The molecule has 3 heteroatoms. The Morgan fingerprint density at radius 3 is 2.94 bits per heavy atom. The fraction of sp³-hybridized carbons (Fsp3) is 0.133. The van der Waals surface area contributed by atoms with E-state index in [1.165, 1.54) is 0 Å². The van der Waals surface area contributed by atoms with Gasteiger partial charge in [-0.15, -0.1) is 0 Å². The molecule has 0 aliphatic carbocycles. The summed E-state index contributed by atoms with van der Waals surface area (Å²) in [5.41, 5.74) is 1.86. The number of pyridine rings is 1. The van der Waals surface area contributed by atoms with Gasteiger partial charge >= 0.3 is 0 Å². The van der Waals surface area contributed by atoms with Crippen molar-refractivity contribution in [3.8, 4) is 11.5 Å². The molecule has 2 heterocycles. The molecular formula is C15H13NO2. The quantitative estimate of drug-likeness (QED) is 0.831. The number of benzene rings is 1. The molecule has 3 rings (SSSR count). The van der Waals surface area contributed by atoms with Crippen molar-refractivity contribution in [1.82, 2.24) is 4.98 Å². The highest BCUT2D eigenvalue weighted by molar-refractivity contribution is 5.60. The van der Waals surface area contributed by atoms with Crippen LogP contribution in [0.1, 0.15) is 17.7 Å². The minimum absolute atomic E-state index is 0.277. The standard InChI is InChI=1S/C15H13NO2/c17-12-7-8-14-11(10-12)4-3-6-15(18-14)13-5-1-2-9-16-13/h1-2,5-10,17H,3-4H2. The van der Waals surface area contributed by atoms with E-state index < -0.39 is 0 Å². The zero-order chi connectivity index (χ0) is 12.4. The summed E-state index contributed by atoms with van der Waals surface area (Å²) in [6.07, 6.45) is 5.53. The van der Waals surface area contributed by atoms with Gasteiger partial charge in [-0.25, -0.2) is 0 Å². The maximum absolute atomic E-state index is 9.48. The number of aromatic hydroxyl groups is 1. The van der Waals surface area contributed by atoms with Gasteiger partial charge in [-0.2, -0.15) is 0 Å². The first-order valence-electron chi connectivity index (χ1n) is 5.94. The van der Waals surface area contributed by atoms with E-state index in [1.807, 2.05) is 24.3 Å². The van der Waals surface area contributed by atoms with Crippen LogP contribution in [0.25, 0.3) is 5.76 Å². The second-order valence-corrected chi connectivity index (χ2v) is 4.22. The highest BCUT2D eigenvalue weighted by atomic mass is 16.5. The molecular weight excluding hydrogens is 226 g/mol. The van der Waals surface area contributed by atoms with Crippen LogP contribution in [0.4, 0.5) is 0 Å². The van der Waals surface area contributed by atoms with Crippen molar-refractivity contribution < 1.29 is 9.84 Å². The fourth-order valence-electron chi connectivity index (χ4n) is 2.05. The number of ether oxygens (including phenoxy) is 1. The zero-order valence-corrected chi connectivity index (χ0v) is 9.84. The zero-order valence-electron chi connectivity index (χ0n) is 9.84. The first-order valence-corrected chi connectivity index (χ1v) is 5.94. The summed E-state index contributed by atoms with van der Waals surface area (Å²) in [5.74, 6) is 1.85. The predicted molar refractivity (Wildman–Crippen MR) is 69.3 cm³/mol. The topological polar surface area (TPSA) is 42.4 Å². The van der Waals surface area contributed by atoms with E-state index in [0.29, 0.717) is 0 Å². The number of aromatic nitrogens is 1. The summed E-state index contributed by atoms with van der Waals surface area (Å²) in [6, 6.07) is 10.9. The monoisotopic (exact) mass is 239 g/mol. The van der Waals surface area contributed by atoms with E-state index in [4.69, 9.17) is 4.74 Å². The molecule has 18 heavy (non-hydrogen) atoms. The second-order valence-electron chi connectivity index (χ2n) is 4.22. The summed E-state index contributed by atoms with van der Waals surface area (Å²) in [5, 5.41) is 9.48.